The molecule has 1 aliphatic heterocycles. The number of carboxylic acid groups (broad SMARTS) is 1. The molecule has 82 valence electrons. The molecule has 0 radical (unpaired) electrons. The van der Waals surface area contributed by atoms with Crippen LogP contribution < -0.4 is 0 Å². The zero-order valence-corrected chi connectivity index (χ0v) is 9.59. The second kappa shape index (κ2) is 4.33. The molecule has 1 atom stereocenters. The van der Waals surface area contributed by atoms with Gasteiger partial charge in [-0.15, -0.1) is 11.3 Å². The van der Waals surface area contributed by atoms with Crippen molar-refractivity contribution >= 4 is 17.3 Å². The third kappa shape index (κ3) is 2.38. The van der Waals surface area contributed by atoms with E-state index in [1.807, 2.05) is 0 Å². The number of aryl methyl sites for hydroxylation is 1. The molecule has 1 aromatic heterocycles. The van der Waals surface area contributed by atoms with Crippen LogP contribution in [0.25, 0.3) is 0 Å². The Hall–Kier alpha value is -0.870. The minimum absolute atomic E-state index is 0.162. The molecule has 4 heteroatoms. The maximum absolute atomic E-state index is 10.8. The number of likely N-dealkylation sites (tertiary alicyclic amines) is 1. The van der Waals surface area contributed by atoms with Gasteiger partial charge in [0.05, 0.1) is 5.92 Å². The maximum atomic E-state index is 10.8. The first-order valence-electron chi connectivity index (χ1n) is 5.15. The van der Waals surface area contributed by atoms with Gasteiger partial charge in [-0.25, -0.2) is 0 Å². The molecule has 1 N–H and O–H groups in total. The van der Waals surface area contributed by atoms with Crippen molar-refractivity contribution in [2.45, 2.75) is 19.9 Å². The third-order valence-electron chi connectivity index (χ3n) is 2.96. The molecule has 2 rings (SSSR count). The molecule has 2 heterocycles. The topological polar surface area (TPSA) is 40.5 Å². The van der Waals surface area contributed by atoms with Gasteiger partial charge in [-0.1, -0.05) is 0 Å². The molecule has 3 nitrogen and oxygen atoms in total. The summed E-state index contributed by atoms with van der Waals surface area (Å²) in [5.74, 6) is -0.814. The fourth-order valence-corrected chi connectivity index (χ4v) is 2.89. The minimum atomic E-state index is -0.652. The minimum Gasteiger partial charge on any atom is -0.481 e. The van der Waals surface area contributed by atoms with Gasteiger partial charge in [0.2, 0.25) is 0 Å². The average molecular weight is 225 g/mol. The third-order valence-corrected chi connectivity index (χ3v) is 3.96. The summed E-state index contributed by atoms with van der Waals surface area (Å²) in [5, 5.41) is 11.0. The molecule has 1 aliphatic rings. The van der Waals surface area contributed by atoms with Crippen LogP contribution in [0.4, 0.5) is 0 Å². The number of hydrogen-bond acceptors (Lipinski definition) is 3. The van der Waals surface area contributed by atoms with Gasteiger partial charge in [-0.05, 0) is 36.9 Å². The van der Waals surface area contributed by atoms with Crippen LogP contribution in [-0.4, -0.2) is 29.1 Å². The first-order chi connectivity index (χ1) is 7.16. The lowest BCUT2D eigenvalue weighted by Crippen LogP contribution is -2.22. The summed E-state index contributed by atoms with van der Waals surface area (Å²) in [5.41, 5.74) is 1.32. The second-order valence-corrected chi connectivity index (χ2v) is 5.09. The summed E-state index contributed by atoms with van der Waals surface area (Å²) in [4.78, 5) is 14.4. The Kier molecular flexibility index (Phi) is 3.07. The van der Waals surface area contributed by atoms with Gasteiger partial charge in [0.1, 0.15) is 0 Å². The van der Waals surface area contributed by atoms with Crippen molar-refractivity contribution < 1.29 is 9.90 Å². The first-order valence-corrected chi connectivity index (χ1v) is 6.03. The Morgan fingerprint density at radius 1 is 1.73 bits per heavy atom. The maximum Gasteiger partial charge on any atom is 0.307 e. The van der Waals surface area contributed by atoms with E-state index in [4.69, 9.17) is 5.11 Å². The largest absolute Gasteiger partial charge is 0.481 e. The Labute approximate surface area is 93.3 Å². The SMILES string of the molecule is Cc1ccsc1CN1CC[C@@H](C(=O)O)C1. The number of nitrogens with zero attached hydrogens (tertiary/aromatic N) is 1. The standard InChI is InChI=1S/C11H15NO2S/c1-8-3-5-15-10(8)7-12-4-2-9(6-12)11(13)14/h3,5,9H,2,4,6-7H2,1H3,(H,13,14)/t9-/m1/s1. The normalized spacial score (nSPS) is 22.1. The van der Waals surface area contributed by atoms with Crippen LogP contribution in [0.2, 0.25) is 0 Å². The first kappa shape index (κ1) is 10.6. The van der Waals surface area contributed by atoms with Crippen molar-refractivity contribution in [2.75, 3.05) is 13.1 Å². The van der Waals surface area contributed by atoms with Crippen molar-refractivity contribution in [1.82, 2.24) is 4.90 Å². The molecule has 0 unspecified atom stereocenters. The summed E-state index contributed by atoms with van der Waals surface area (Å²) in [6, 6.07) is 2.12. The molecular weight excluding hydrogens is 210 g/mol. The summed E-state index contributed by atoms with van der Waals surface area (Å²) >= 11 is 1.76. The van der Waals surface area contributed by atoms with Crippen LogP contribution in [0, 0.1) is 12.8 Å². The highest BCUT2D eigenvalue weighted by Gasteiger charge is 2.28. The molecule has 1 fully saturated rings. The van der Waals surface area contributed by atoms with Crippen LogP contribution in [0.3, 0.4) is 0 Å². The van der Waals surface area contributed by atoms with E-state index in [9.17, 15) is 4.79 Å². The Morgan fingerprint density at radius 3 is 3.07 bits per heavy atom. The molecule has 0 aromatic carbocycles. The van der Waals surface area contributed by atoms with Crippen molar-refractivity contribution in [3.63, 3.8) is 0 Å². The van der Waals surface area contributed by atoms with Gasteiger partial charge < -0.3 is 5.11 Å². The van der Waals surface area contributed by atoms with Crippen LogP contribution >= 0.6 is 11.3 Å². The molecule has 0 amide bonds. The van der Waals surface area contributed by atoms with E-state index in [1.165, 1.54) is 10.4 Å². The lowest BCUT2D eigenvalue weighted by Gasteiger charge is -2.14. The smallest absolute Gasteiger partial charge is 0.307 e. The molecule has 0 aliphatic carbocycles. The summed E-state index contributed by atoms with van der Waals surface area (Å²) in [7, 11) is 0. The molecule has 15 heavy (non-hydrogen) atoms. The average Bonchev–Trinajstić information content (AvgIpc) is 2.77. The number of hydrogen-bond donors (Lipinski definition) is 1. The number of rotatable bonds is 3. The second-order valence-electron chi connectivity index (χ2n) is 4.09. The summed E-state index contributed by atoms with van der Waals surface area (Å²) in [6.07, 6.45) is 0.791. The fourth-order valence-electron chi connectivity index (χ4n) is 1.95. The van der Waals surface area contributed by atoms with E-state index < -0.39 is 5.97 Å². The highest BCUT2D eigenvalue weighted by Crippen LogP contribution is 2.23. The Morgan fingerprint density at radius 2 is 2.53 bits per heavy atom. The highest BCUT2D eigenvalue weighted by molar-refractivity contribution is 7.10. The van der Waals surface area contributed by atoms with E-state index >= 15 is 0 Å². The lowest BCUT2D eigenvalue weighted by molar-refractivity contribution is -0.141. The fraction of sp³-hybridized carbons (Fsp3) is 0.545. The van der Waals surface area contributed by atoms with Crippen LogP contribution in [0.1, 0.15) is 16.9 Å². The summed E-state index contributed by atoms with van der Waals surface area (Å²) in [6.45, 7) is 4.63. The lowest BCUT2D eigenvalue weighted by atomic mass is 10.1. The van der Waals surface area contributed by atoms with E-state index in [0.29, 0.717) is 6.54 Å². The van der Waals surface area contributed by atoms with E-state index in [-0.39, 0.29) is 5.92 Å². The highest BCUT2D eigenvalue weighted by atomic mass is 32.1. The molecule has 1 saturated heterocycles. The van der Waals surface area contributed by atoms with Gasteiger partial charge in [0.25, 0.3) is 0 Å². The summed E-state index contributed by atoms with van der Waals surface area (Å²) < 4.78 is 0. The number of aliphatic carboxylic acids is 1. The predicted molar refractivity (Wildman–Crippen MR) is 60.1 cm³/mol. The van der Waals surface area contributed by atoms with Gasteiger partial charge >= 0.3 is 5.97 Å². The number of carbonyl (C=O) groups is 1. The monoisotopic (exact) mass is 225 g/mol. The van der Waals surface area contributed by atoms with Crippen molar-refractivity contribution in [3.8, 4) is 0 Å². The van der Waals surface area contributed by atoms with Crippen LogP contribution in [-0.2, 0) is 11.3 Å². The Bertz CT molecular complexity index is 361. The molecule has 0 saturated carbocycles. The van der Waals surface area contributed by atoms with Gasteiger partial charge in [-0.2, -0.15) is 0 Å². The molecule has 1 aromatic rings. The molecule has 0 bridgehead atoms. The van der Waals surface area contributed by atoms with E-state index in [1.54, 1.807) is 11.3 Å². The van der Waals surface area contributed by atoms with Gasteiger partial charge in [0.15, 0.2) is 0 Å². The Balaban J connectivity index is 1.93. The zero-order chi connectivity index (χ0) is 10.8. The van der Waals surface area contributed by atoms with Crippen molar-refractivity contribution in [2.24, 2.45) is 5.92 Å². The number of carboxylic acids is 1. The van der Waals surface area contributed by atoms with Gasteiger partial charge in [-0.3, -0.25) is 9.69 Å². The zero-order valence-electron chi connectivity index (χ0n) is 8.77. The van der Waals surface area contributed by atoms with Gasteiger partial charge in [0, 0.05) is 18.0 Å². The predicted octanol–water partition coefficient (Wildman–Crippen LogP) is 1.96. The van der Waals surface area contributed by atoms with Crippen molar-refractivity contribution in [1.29, 1.82) is 0 Å². The van der Waals surface area contributed by atoms with Crippen LogP contribution in [0.5, 0.6) is 0 Å². The molecule has 0 spiro atoms. The van der Waals surface area contributed by atoms with E-state index in [2.05, 4.69) is 23.3 Å². The quantitative estimate of drug-likeness (QED) is 0.855. The van der Waals surface area contributed by atoms with Crippen molar-refractivity contribution in [3.05, 3.63) is 21.9 Å². The molecular formula is C11H15NO2S. The van der Waals surface area contributed by atoms with Crippen LogP contribution in [0.15, 0.2) is 11.4 Å². The number of thiophene rings is 1. The van der Waals surface area contributed by atoms with E-state index in [0.717, 1.165) is 19.5 Å².